The summed E-state index contributed by atoms with van der Waals surface area (Å²) in [6, 6.07) is 8.35. The van der Waals surface area contributed by atoms with Gasteiger partial charge in [-0.3, -0.25) is 0 Å². The number of benzene rings is 1. The summed E-state index contributed by atoms with van der Waals surface area (Å²) in [5.74, 6) is 1.01. The Hall–Kier alpha value is -1.06. The van der Waals surface area contributed by atoms with Gasteiger partial charge in [-0.05, 0) is 58.1 Å². The van der Waals surface area contributed by atoms with E-state index in [0.717, 1.165) is 25.3 Å². The zero-order valence-electron chi connectivity index (χ0n) is 11.7. The van der Waals surface area contributed by atoms with Crippen molar-refractivity contribution >= 4 is 0 Å². The lowest BCUT2D eigenvalue weighted by molar-refractivity contribution is 0.163. The summed E-state index contributed by atoms with van der Waals surface area (Å²) in [4.78, 5) is 2.40. The van der Waals surface area contributed by atoms with E-state index >= 15 is 0 Å². The second-order valence-corrected chi connectivity index (χ2v) is 5.32. The number of rotatable bonds is 4. The standard InChI is InChI=1S/C15H24N2O/c1-16-15(8-10-17(2)11-9-15)12-13-6-4-5-7-14(13)18-3/h4-7,16H,8-12H2,1-3H3. The maximum Gasteiger partial charge on any atom is 0.122 e. The van der Waals surface area contributed by atoms with Crippen LogP contribution in [0.4, 0.5) is 0 Å². The number of likely N-dealkylation sites (N-methyl/N-ethyl adjacent to an activating group) is 1. The number of hydrogen-bond donors (Lipinski definition) is 1. The number of likely N-dealkylation sites (tertiary alicyclic amines) is 1. The molecule has 0 atom stereocenters. The molecule has 0 amide bonds. The predicted octanol–water partition coefficient (Wildman–Crippen LogP) is 1.92. The van der Waals surface area contributed by atoms with E-state index in [-0.39, 0.29) is 5.54 Å². The molecule has 1 aliphatic rings. The van der Waals surface area contributed by atoms with Crippen molar-refractivity contribution in [2.24, 2.45) is 0 Å². The third-order valence-corrected chi connectivity index (χ3v) is 4.20. The van der Waals surface area contributed by atoms with Crippen molar-refractivity contribution in [1.82, 2.24) is 10.2 Å². The average Bonchev–Trinajstić information content (AvgIpc) is 2.42. The predicted molar refractivity (Wildman–Crippen MR) is 75.2 cm³/mol. The molecule has 1 saturated heterocycles. The van der Waals surface area contributed by atoms with Gasteiger partial charge in [-0.1, -0.05) is 18.2 Å². The molecular weight excluding hydrogens is 224 g/mol. The van der Waals surface area contributed by atoms with Crippen molar-refractivity contribution < 1.29 is 4.74 Å². The molecule has 1 fully saturated rings. The molecule has 0 radical (unpaired) electrons. The molecule has 1 heterocycles. The van der Waals surface area contributed by atoms with Gasteiger partial charge < -0.3 is 15.0 Å². The molecule has 1 aromatic carbocycles. The Balaban J connectivity index is 2.15. The van der Waals surface area contributed by atoms with Gasteiger partial charge in [0, 0.05) is 5.54 Å². The van der Waals surface area contributed by atoms with Gasteiger partial charge in [0.2, 0.25) is 0 Å². The van der Waals surface area contributed by atoms with Crippen LogP contribution in [0.5, 0.6) is 5.75 Å². The normalized spacial score (nSPS) is 19.7. The summed E-state index contributed by atoms with van der Waals surface area (Å²) in [6.45, 7) is 2.33. The van der Waals surface area contributed by atoms with Crippen LogP contribution in [0.2, 0.25) is 0 Å². The van der Waals surface area contributed by atoms with Crippen LogP contribution in [-0.2, 0) is 6.42 Å². The summed E-state index contributed by atoms with van der Waals surface area (Å²) in [5.41, 5.74) is 1.53. The maximum atomic E-state index is 5.46. The van der Waals surface area contributed by atoms with Crippen LogP contribution in [0.15, 0.2) is 24.3 Å². The highest BCUT2D eigenvalue weighted by Crippen LogP contribution is 2.29. The van der Waals surface area contributed by atoms with Crippen molar-refractivity contribution in [3.63, 3.8) is 0 Å². The van der Waals surface area contributed by atoms with Gasteiger partial charge in [0.25, 0.3) is 0 Å². The third kappa shape index (κ3) is 2.85. The quantitative estimate of drug-likeness (QED) is 0.881. The van der Waals surface area contributed by atoms with Gasteiger partial charge in [0.1, 0.15) is 5.75 Å². The van der Waals surface area contributed by atoms with Gasteiger partial charge >= 0.3 is 0 Å². The molecule has 0 unspecified atom stereocenters. The van der Waals surface area contributed by atoms with Gasteiger partial charge in [-0.15, -0.1) is 0 Å². The first-order valence-corrected chi connectivity index (χ1v) is 6.68. The summed E-state index contributed by atoms with van der Waals surface area (Å²) in [5, 5.41) is 3.56. The number of nitrogens with one attached hydrogen (secondary N) is 1. The van der Waals surface area contributed by atoms with Crippen LogP contribution in [0.25, 0.3) is 0 Å². The second-order valence-electron chi connectivity index (χ2n) is 5.32. The monoisotopic (exact) mass is 248 g/mol. The van der Waals surface area contributed by atoms with Crippen molar-refractivity contribution in [2.75, 3.05) is 34.3 Å². The molecule has 18 heavy (non-hydrogen) atoms. The lowest BCUT2D eigenvalue weighted by Crippen LogP contribution is -2.52. The average molecular weight is 248 g/mol. The molecule has 3 heteroatoms. The SMILES string of the molecule is CNC1(Cc2ccccc2OC)CCN(C)CC1. The summed E-state index contributed by atoms with van der Waals surface area (Å²) >= 11 is 0. The highest BCUT2D eigenvalue weighted by molar-refractivity contribution is 5.34. The first-order chi connectivity index (χ1) is 8.69. The zero-order chi connectivity index (χ0) is 13.0. The van der Waals surface area contributed by atoms with Gasteiger partial charge in [-0.25, -0.2) is 0 Å². The minimum Gasteiger partial charge on any atom is -0.496 e. The highest BCUT2D eigenvalue weighted by Gasteiger charge is 2.32. The van der Waals surface area contributed by atoms with E-state index in [0.29, 0.717) is 0 Å². The molecule has 2 rings (SSSR count). The number of methoxy groups -OCH3 is 1. The van der Waals surface area contributed by atoms with Crippen LogP contribution >= 0.6 is 0 Å². The Bertz CT molecular complexity index is 384. The molecule has 3 nitrogen and oxygen atoms in total. The number of hydrogen-bond acceptors (Lipinski definition) is 3. The fourth-order valence-electron chi connectivity index (χ4n) is 2.78. The Morgan fingerprint density at radius 2 is 1.94 bits per heavy atom. The topological polar surface area (TPSA) is 24.5 Å². The number of nitrogens with zero attached hydrogens (tertiary/aromatic N) is 1. The first kappa shape index (κ1) is 13.4. The van der Waals surface area contributed by atoms with Gasteiger partial charge in [0.15, 0.2) is 0 Å². The molecule has 0 spiro atoms. The van der Waals surface area contributed by atoms with Crippen molar-refractivity contribution in [2.45, 2.75) is 24.8 Å². The van der Waals surface area contributed by atoms with E-state index in [1.54, 1.807) is 7.11 Å². The minimum absolute atomic E-state index is 0.223. The molecule has 1 N–H and O–H groups in total. The van der Waals surface area contributed by atoms with E-state index in [9.17, 15) is 0 Å². The largest absolute Gasteiger partial charge is 0.496 e. The van der Waals surface area contributed by atoms with Crippen molar-refractivity contribution in [3.05, 3.63) is 29.8 Å². The fraction of sp³-hybridized carbons (Fsp3) is 0.600. The van der Waals surface area contributed by atoms with E-state index in [1.807, 2.05) is 12.1 Å². The highest BCUT2D eigenvalue weighted by atomic mass is 16.5. The summed E-state index contributed by atoms with van der Waals surface area (Å²) in [7, 11) is 6.03. The Morgan fingerprint density at radius 1 is 1.28 bits per heavy atom. The first-order valence-electron chi connectivity index (χ1n) is 6.68. The lowest BCUT2D eigenvalue weighted by Gasteiger charge is -2.41. The number of para-hydroxylation sites is 1. The second kappa shape index (κ2) is 5.72. The Kier molecular flexibility index (Phi) is 4.25. The van der Waals surface area contributed by atoms with Crippen LogP contribution in [-0.4, -0.2) is 44.7 Å². The molecule has 1 aromatic rings. The number of ether oxygens (including phenoxy) is 1. The molecule has 0 aromatic heterocycles. The summed E-state index contributed by atoms with van der Waals surface area (Å²) in [6.07, 6.45) is 3.43. The maximum absolute atomic E-state index is 5.46. The van der Waals surface area contributed by atoms with E-state index in [4.69, 9.17) is 4.74 Å². The molecule has 0 bridgehead atoms. The lowest BCUT2D eigenvalue weighted by atomic mass is 9.82. The molecular formula is C15H24N2O. The molecule has 100 valence electrons. The number of piperidine rings is 1. The van der Waals surface area contributed by atoms with Crippen molar-refractivity contribution in [1.29, 1.82) is 0 Å². The Labute approximate surface area is 110 Å². The molecule has 0 saturated carbocycles. The van der Waals surface area contributed by atoms with Crippen LogP contribution in [0.3, 0.4) is 0 Å². The third-order valence-electron chi connectivity index (χ3n) is 4.20. The minimum atomic E-state index is 0.223. The van der Waals surface area contributed by atoms with Crippen LogP contribution in [0.1, 0.15) is 18.4 Å². The zero-order valence-corrected chi connectivity index (χ0v) is 11.7. The van der Waals surface area contributed by atoms with Gasteiger partial charge in [-0.2, -0.15) is 0 Å². The van der Waals surface area contributed by atoms with Gasteiger partial charge in [0.05, 0.1) is 7.11 Å². The molecule has 0 aliphatic carbocycles. The summed E-state index contributed by atoms with van der Waals surface area (Å²) < 4.78 is 5.46. The smallest absolute Gasteiger partial charge is 0.122 e. The van der Waals surface area contributed by atoms with Crippen LogP contribution in [0, 0.1) is 0 Å². The Morgan fingerprint density at radius 3 is 2.56 bits per heavy atom. The van der Waals surface area contributed by atoms with E-state index in [2.05, 4.69) is 36.4 Å². The van der Waals surface area contributed by atoms with Crippen LogP contribution < -0.4 is 10.1 Å². The molecule has 1 aliphatic heterocycles. The van der Waals surface area contributed by atoms with E-state index < -0.39 is 0 Å². The fourth-order valence-corrected chi connectivity index (χ4v) is 2.78. The van der Waals surface area contributed by atoms with E-state index in [1.165, 1.54) is 18.4 Å². The van der Waals surface area contributed by atoms with Crippen molar-refractivity contribution in [3.8, 4) is 5.75 Å².